The summed E-state index contributed by atoms with van der Waals surface area (Å²) in [5.74, 6) is 0.0908. The Kier molecular flexibility index (Phi) is 4.90. The van der Waals surface area contributed by atoms with E-state index in [4.69, 9.17) is 0 Å². The molecule has 2 heterocycles. The summed E-state index contributed by atoms with van der Waals surface area (Å²) in [5.41, 5.74) is 0.969. The third-order valence-electron chi connectivity index (χ3n) is 3.54. The highest BCUT2D eigenvalue weighted by Gasteiger charge is 2.31. The summed E-state index contributed by atoms with van der Waals surface area (Å²) >= 11 is 0. The van der Waals surface area contributed by atoms with Crippen LogP contribution in [0.1, 0.15) is 24.8 Å². The molecule has 1 aromatic heterocycles. The quantitative estimate of drug-likeness (QED) is 0.868. The zero-order valence-corrected chi connectivity index (χ0v) is 11.7. The Morgan fingerprint density at radius 3 is 2.74 bits per heavy atom. The van der Waals surface area contributed by atoms with Gasteiger partial charge in [0.25, 0.3) is 0 Å². The number of sulfonamides is 1. The second-order valence-electron chi connectivity index (χ2n) is 4.86. The molecule has 5 nitrogen and oxygen atoms in total. The highest BCUT2D eigenvalue weighted by atomic mass is 32.2. The number of aromatic nitrogens is 1. The molecule has 1 unspecified atom stereocenters. The Labute approximate surface area is 114 Å². The third-order valence-corrected chi connectivity index (χ3v) is 5.45. The molecule has 1 saturated heterocycles. The van der Waals surface area contributed by atoms with Crippen LogP contribution in [0.4, 0.5) is 0 Å². The lowest BCUT2D eigenvalue weighted by Crippen LogP contribution is -2.46. The van der Waals surface area contributed by atoms with Crippen molar-refractivity contribution < 1.29 is 13.5 Å². The van der Waals surface area contributed by atoms with Crippen molar-refractivity contribution in [2.75, 3.05) is 18.9 Å². The molecule has 0 bridgehead atoms. The summed E-state index contributed by atoms with van der Waals surface area (Å²) in [6.45, 7) is 0.443. The van der Waals surface area contributed by atoms with Crippen molar-refractivity contribution in [2.24, 2.45) is 0 Å². The van der Waals surface area contributed by atoms with Gasteiger partial charge in [0.2, 0.25) is 10.0 Å². The third kappa shape index (κ3) is 3.75. The van der Waals surface area contributed by atoms with Crippen molar-refractivity contribution >= 4 is 10.0 Å². The first-order valence-electron chi connectivity index (χ1n) is 6.63. The van der Waals surface area contributed by atoms with Crippen LogP contribution in [0.5, 0.6) is 0 Å². The van der Waals surface area contributed by atoms with Crippen molar-refractivity contribution in [3.8, 4) is 0 Å². The molecule has 1 aromatic rings. The number of aliphatic hydroxyl groups is 1. The van der Waals surface area contributed by atoms with Crippen molar-refractivity contribution in [2.45, 2.75) is 31.7 Å². The Morgan fingerprint density at radius 1 is 1.32 bits per heavy atom. The maximum absolute atomic E-state index is 12.3. The molecule has 0 spiro atoms. The number of hydrogen-bond acceptors (Lipinski definition) is 4. The van der Waals surface area contributed by atoms with Gasteiger partial charge in [-0.15, -0.1) is 0 Å². The van der Waals surface area contributed by atoms with Gasteiger partial charge in [-0.1, -0.05) is 6.42 Å². The summed E-state index contributed by atoms with van der Waals surface area (Å²) in [4.78, 5) is 3.91. The first-order valence-corrected chi connectivity index (χ1v) is 8.23. The van der Waals surface area contributed by atoms with E-state index in [0.29, 0.717) is 13.0 Å². The van der Waals surface area contributed by atoms with E-state index in [9.17, 15) is 13.5 Å². The van der Waals surface area contributed by atoms with Crippen LogP contribution in [-0.4, -0.2) is 47.8 Å². The molecule has 1 atom stereocenters. The predicted octanol–water partition coefficient (Wildman–Crippen LogP) is 0.801. The normalized spacial score (nSPS) is 21.4. The van der Waals surface area contributed by atoms with Crippen LogP contribution >= 0.6 is 0 Å². The van der Waals surface area contributed by atoms with Gasteiger partial charge in [-0.25, -0.2) is 8.42 Å². The molecule has 0 amide bonds. The van der Waals surface area contributed by atoms with Gasteiger partial charge in [0, 0.05) is 25.0 Å². The molecular formula is C13H20N2O3S. The molecule has 106 valence electrons. The van der Waals surface area contributed by atoms with Gasteiger partial charge >= 0.3 is 0 Å². The molecule has 1 fully saturated rings. The van der Waals surface area contributed by atoms with E-state index in [2.05, 4.69) is 4.98 Å². The van der Waals surface area contributed by atoms with E-state index in [1.54, 1.807) is 12.4 Å². The molecule has 0 radical (unpaired) electrons. The Bertz CT molecular complexity index is 490. The maximum atomic E-state index is 12.3. The van der Waals surface area contributed by atoms with Gasteiger partial charge in [-0.2, -0.15) is 4.31 Å². The maximum Gasteiger partial charge on any atom is 0.214 e. The van der Waals surface area contributed by atoms with E-state index in [0.717, 1.165) is 24.8 Å². The van der Waals surface area contributed by atoms with Crippen molar-refractivity contribution in [3.63, 3.8) is 0 Å². The first kappa shape index (κ1) is 14.4. The minimum atomic E-state index is -3.29. The number of aliphatic hydroxyl groups excluding tert-OH is 1. The molecule has 2 rings (SSSR count). The smallest absolute Gasteiger partial charge is 0.214 e. The van der Waals surface area contributed by atoms with E-state index >= 15 is 0 Å². The fraction of sp³-hybridized carbons (Fsp3) is 0.615. The second kappa shape index (κ2) is 6.45. The summed E-state index contributed by atoms with van der Waals surface area (Å²) in [7, 11) is -3.29. The van der Waals surface area contributed by atoms with E-state index < -0.39 is 10.0 Å². The lowest BCUT2D eigenvalue weighted by Gasteiger charge is -2.33. The zero-order valence-electron chi connectivity index (χ0n) is 10.9. The lowest BCUT2D eigenvalue weighted by atomic mass is 10.1. The number of aryl methyl sites for hydroxylation is 1. The van der Waals surface area contributed by atoms with Gasteiger partial charge in [0.1, 0.15) is 0 Å². The zero-order chi connectivity index (χ0) is 13.7. The summed E-state index contributed by atoms with van der Waals surface area (Å²) in [6, 6.07) is 3.42. The lowest BCUT2D eigenvalue weighted by molar-refractivity contribution is 0.155. The van der Waals surface area contributed by atoms with E-state index in [1.807, 2.05) is 12.1 Å². The summed E-state index contributed by atoms with van der Waals surface area (Å²) in [5, 5.41) is 9.30. The van der Waals surface area contributed by atoms with Gasteiger partial charge in [-0.05, 0) is 37.0 Å². The Morgan fingerprint density at radius 2 is 2.05 bits per heavy atom. The molecule has 6 heteroatoms. The van der Waals surface area contributed by atoms with Crippen LogP contribution in [0, 0.1) is 0 Å². The highest BCUT2D eigenvalue weighted by Crippen LogP contribution is 2.21. The second-order valence-corrected chi connectivity index (χ2v) is 6.91. The van der Waals surface area contributed by atoms with Crippen LogP contribution in [0.3, 0.4) is 0 Å². The van der Waals surface area contributed by atoms with Crippen molar-refractivity contribution in [1.82, 2.24) is 9.29 Å². The van der Waals surface area contributed by atoms with E-state index in [1.165, 1.54) is 4.31 Å². The van der Waals surface area contributed by atoms with Gasteiger partial charge in [0.05, 0.1) is 12.4 Å². The average Bonchev–Trinajstić information content (AvgIpc) is 2.46. The molecule has 19 heavy (non-hydrogen) atoms. The molecule has 0 aromatic carbocycles. The fourth-order valence-electron chi connectivity index (χ4n) is 2.44. The molecule has 1 aliphatic rings. The Balaban J connectivity index is 2.01. The highest BCUT2D eigenvalue weighted by molar-refractivity contribution is 7.89. The van der Waals surface area contributed by atoms with Gasteiger partial charge in [-0.3, -0.25) is 4.98 Å². The van der Waals surface area contributed by atoms with Crippen LogP contribution in [0.2, 0.25) is 0 Å². The topological polar surface area (TPSA) is 70.5 Å². The molecule has 0 saturated carbocycles. The predicted molar refractivity (Wildman–Crippen MR) is 73.2 cm³/mol. The molecule has 1 N–H and O–H groups in total. The number of hydrogen-bond donors (Lipinski definition) is 1. The number of nitrogens with zero attached hydrogens (tertiary/aromatic N) is 2. The molecule has 0 aliphatic carbocycles. The Hall–Kier alpha value is -0.980. The van der Waals surface area contributed by atoms with Gasteiger partial charge in [0.15, 0.2) is 0 Å². The SMILES string of the molecule is O=S(=O)(CCc1ccncc1)N1CCCCC1CO. The van der Waals surface area contributed by atoms with Gasteiger partial charge < -0.3 is 5.11 Å². The number of piperidine rings is 1. The van der Waals surface area contributed by atoms with Crippen LogP contribution in [-0.2, 0) is 16.4 Å². The first-order chi connectivity index (χ1) is 9.13. The minimum absolute atomic E-state index is 0.0888. The van der Waals surface area contributed by atoms with Crippen molar-refractivity contribution in [3.05, 3.63) is 30.1 Å². The average molecular weight is 284 g/mol. The monoisotopic (exact) mass is 284 g/mol. The van der Waals surface area contributed by atoms with E-state index in [-0.39, 0.29) is 18.4 Å². The minimum Gasteiger partial charge on any atom is -0.395 e. The van der Waals surface area contributed by atoms with Crippen molar-refractivity contribution in [1.29, 1.82) is 0 Å². The van der Waals surface area contributed by atoms with Crippen LogP contribution < -0.4 is 0 Å². The number of rotatable bonds is 5. The largest absolute Gasteiger partial charge is 0.395 e. The molecular weight excluding hydrogens is 264 g/mol. The fourth-order valence-corrected chi connectivity index (χ4v) is 4.20. The number of pyridine rings is 1. The standard InChI is InChI=1S/C13H20N2O3S/c16-11-13-3-1-2-9-15(13)19(17,18)10-6-12-4-7-14-8-5-12/h4-5,7-8,13,16H,1-3,6,9-11H2. The summed E-state index contributed by atoms with van der Waals surface area (Å²) < 4.78 is 26.1. The summed E-state index contributed by atoms with van der Waals surface area (Å²) in [6.07, 6.45) is 6.44. The van der Waals surface area contributed by atoms with Crippen LogP contribution in [0.25, 0.3) is 0 Å². The van der Waals surface area contributed by atoms with Crippen LogP contribution in [0.15, 0.2) is 24.5 Å². The molecule has 1 aliphatic heterocycles.